The van der Waals surface area contributed by atoms with E-state index in [0.717, 1.165) is 11.1 Å². The number of hydrogen-bond acceptors (Lipinski definition) is 2. The molecule has 0 aliphatic carbocycles. The molecule has 98 valence electrons. The van der Waals surface area contributed by atoms with Gasteiger partial charge >= 0.3 is 0 Å². The summed E-state index contributed by atoms with van der Waals surface area (Å²) >= 11 is 0. The molecule has 1 rings (SSSR count). The van der Waals surface area contributed by atoms with Gasteiger partial charge in [-0.2, -0.15) is 0 Å². The molecule has 0 fully saturated rings. The summed E-state index contributed by atoms with van der Waals surface area (Å²) in [6.07, 6.45) is 3.59. The van der Waals surface area contributed by atoms with E-state index in [2.05, 4.69) is 0 Å². The third kappa shape index (κ3) is 5.56. The second-order valence-corrected chi connectivity index (χ2v) is 6.45. The minimum atomic E-state index is -0.943. The summed E-state index contributed by atoms with van der Waals surface area (Å²) in [6, 6.07) is 7.79. The number of allylic oxidation sites excluding steroid dienone is 2. The summed E-state index contributed by atoms with van der Waals surface area (Å²) < 4.78 is 23.1. The maximum atomic E-state index is 11.5. The first-order chi connectivity index (χ1) is 8.65. The first-order valence-electron chi connectivity index (χ1n) is 5.73. The van der Waals surface area contributed by atoms with Crippen LogP contribution in [-0.2, 0) is 33.1 Å². The normalized spacial score (nSPS) is 15.2. The Labute approximate surface area is 114 Å². The van der Waals surface area contributed by atoms with Gasteiger partial charge in [0.15, 0.2) is 0 Å². The van der Waals surface area contributed by atoms with Crippen molar-refractivity contribution >= 4 is 21.6 Å². The molecule has 0 aliphatic heterocycles. The molecular formula is C14H18O2S2. The maximum absolute atomic E-state index is 11.5. The Morgan fingerprint density at radius 3 is 1.44 bits per heavy atom. The first kappa shape index (κ1) is 15.1. The molecule has 2 unspecified atom stereocenters. The minimum absolute atomic E-state index is 0.530. The Kier molecular flexibility index (Phi) is 6.83. The van der Waals surface area contributed by atoms with Gasteiger partial charge in [0.2, 0.25) is 0 Å². The van der Waals surface area contributed by atoms with Crippen LogP contribution in [0, 0.1) is 0 Å². The lowest BCUT2D eigenvalue weighted by atomic mass is 10.2. The van der Waals surface area contributed by atoms with Gasteiger partial charge in [0.1, 0.15) is 0 Å². The largest absolute Gasteiger partial charge is 0.255 e. The second-order valence-electron chi connectivity index (χ2n) is 3.81. The summed E-state index contributed by atoms with van der Waals surface area (Å²) in [6.45, 7) is 3.72. The monoisotopic (exact) mass is 282 g/mol. The third-order valence-electron chi connectivity index (χ3n) is 2.22. The fourth-order valence-electron chi connectivity index (χ4n) is 1.46. The highest BCUT2D eigenvalue weighted by Crippen LogP contribution is 2.10. The minimum Gasteiger partial charge on any atom is -0.255 e. The molecule has 0 N–H and O–H groups in total. The van der Waals surface area contributed by atoms with Crippen molar-refractivity contribution in [1.82, 2.24) is 0 Å². The summed E-state index contributed by atoms with van der Waals surface area (Å²) in [7, 11) is -1.89. The first-order valence-corrected chi connectivity index (χ1v) is 8.50. The Balaban J connectivity index is 2.62. The highest BCUT2D eigenvalue weighted by Gasteiger charge is 2.00. The van der Waals surface area contributed by atoms with Crippen LogP contribution in [-0.4, -0.2) is 8.42 Å². The third-order valence-corrected chi connectivity index (χ3v) is 4.60. The van der Waals surface area contributed by atoms with Crippen molar-refractivity contribution < 1.29 is 8.42 Å². The zero-order valence-electron chi connectivity index (χ0n) is 10.7. The molecule has 1 aromatic carbocycles. The summed E-state index contributed by atoms with van der Waals surface area (Å²) in [4.78, 5) is 0. The lowest BCUT2D eigenvalue weighted by Gasteiger charge is -2.02. The Hall–Kier alpha value is -1.00. The molecule has 1 aromatic rings. The molecular weight excluding hydrogens is 264 g/mol. The van der Waals surface area contributed by atoms with Crippen LogP contribution in [0.25, 0.3) is 0 Å². The van der Waals surface area contributed by atoms with Crippen LogP contribution in [0.15, 0.2) is 47.2 Å². The number of hydrogen-bond donors (Lipinski definition) is 0. The maximum Gasteiger partial charge on any atom is 0.0526 e. The van der Waals surface area contributed by atoms with Crippen molar-refractivity contribution in [3.05, 3.63) is 58.4 Å². The van der Waals surface area contributed by atoms with Gasteiger partial charge in [-0.25, -0.2) is 0 Å². The van der Waals surface area contributed by atoms with Crippen molar-refractivity contribution in [2.24, 2.45) is 0 Å². The van der Waals surface area contributed by atoms with E-state index in [0.29, 0.717) is 11.5 Å². The van der Waals surface area contributed by atoms with E-state index in [4.69, 9.17) is 0 Å². The highest BCUT2D eigenvalue weighted by molar-refractivity contribution is 7.87. The zero-order valence-corrected chi connectivity index (χ0v) is 12.3. The van der Waals surface area contributed by atoms with E-state index in [-0.39, 0.29) is 0 Å². The molecule has 4 heteroatoms. The molecule has 18 heavy (non-hydrogen) atoms. The summed E-state index contributed by atoms with van der Waals surface area (Å²) in [5.74, 6) is 1.06. The predicted octanol–water partition coefficient (Wildman–Crippen LogP) is 3.25. The highest BCUT2D eigenvalue weighted by atomic mass is 32.2. The molecule has 0 saturated heterocycles. The molecule has 0 spiro atoms. The Morgan fingerprint density at radius 2 is 1.17 bits per heavy atom. The van der Waals surface area contributed by atoms with Gasteiger partial charge in [0.25, 0.3) is 0 Å². The van der Waals surface area contributed by atoms with Crippen LogP contribution in [0.4, 0.5) is 0 Å². The lowest BCUT2D eigenvalue weighted by molar-refractivity contribution is 0.686. The second kappa shape index (κ2) is 8.16. The van der Waals surface area contributed by atoms with Crippen LogP contribution >= 0.6 is 0 Å². The molecule has 0 saturated carbocycles. The predicted molar refractivity (Wildman–Crippen MR) is 79.8 cm³/mol. The van der Waals surface area contributed by atoms with E-state index in [1.54, 1.807) is 23.0 Å². The molecule has 0 bridgehead atoms. The van der Waals surface area contributed by atoms with Crippen molar-refractivity contribution in [3.8, 4) is 0 Å². The number of benzene rings is 1. The Bertz CT molecular complexity index is 428. The van der Waals surface area contributed by atoms with E-state index in [1.165, 1.54) is 0 Å². The molecule has 0 heterocycles. The van der Waals surface area contributed by atoms with Gasteiger partial charge in [-0.1, -0.05) is 36.4 Å². The van der Waals surface area contributed by atoms with Gasteiger partial charge in [-0.15, -0.1) is 0 Å². The van der Waals surface area contributed by atoms with Crippen LogP contribution < -0.4 is 0 Å². The van der Waals surface area contributed by atoms with Crippen LogP contribution in [0.1, 0.15) is 25.0 Å². The molecule has 0 radical (unpaired) electrons. The molecule has 0 amide bonds. The van der Waals surface area contributed by atoms with E-state index < -0.39 is 21.6 Å². The average molecular weight is 282 g/mol. The SMILES string of the molecule is CC=CS(=O)Cc1ccc(CS(=O)C=CC)cc1. The molecule has 0 aliphatic rings. The quantitative estimate of drug-likeness (QED) is 0.802. The fourth-order valence-corrected chi connectivity index (χ4v) is 3.30. The van der Waals surface area contributed by atoms with Gasteiger partial charge in [0.05, 0.1) is 11.5 Å². The molecule has 2 atom stereocenters. The molecule has 0 aromatic heterocycles. The van der Waals surface area contributed by atoms with Gasteiger partial charge in [-0.3, -0.25) is 8.42 Å². The van der Waals surface area contributed by atoms with Crippen LogP contribution in [0.5, 0.6) is 0 Å². The van der Waals surface area contributed by atoms with E-state index in [1.807, 2.05) is 38.1 Å². The van der Waals surface area contributed by atoms with E-state index >= 15 is 0 Å². The van der Waals surface area contributed by atoms with Gasteiger partial charge in [0, 0.05) is 21.6 Å². The van der Waals surface area contributed by atoms with Crippen LogP contribution in [0.3, 0.4) is 0 Å². The van der Waals surface area contributed by atoms with Crippen molar-refractivity contribution in [2.75, 3.05) is 0 Å². The van der Waals surface area contributed by atoms with Crippen LogP contribution in [0.2, 0.25) is 0 Å². The topological polar surface area (TPSA) is 34.1 Å². The molecule has 2 nitrogen and oxygen atoms in total. The van der Waals surface area contributed by atoms with E-state index in [9.17, 15) is 8.42 Å². The average Bonchev–Trinajstić information content (AvgIpc) is 2.32. The van der Waals surface area contributed by atoms with Crippen molar-refractivity contribution in [2.45, 2.75) is 25.4 Å². The smallest absolute Gasteiger partial charge is 0.0526 e. The van der Waals surface area contributed by atoms with Crippen molar-refractivity contribution in [1.29, 1.82) is 0 Å². The van der Waals surface area contributed by atoms with Gasteiger partial charge < -0.3 is 0 Å². The number of rotatable bonds is 6. The zero-order chi connectivity index (χ0) is 13.4. The fraction of sp³-hybridized carbons (Fsp3) is 0.286. The van der Waals surface area contributed by atoms with Gasteiger partial charge in [-0.05, 0) is 35.8 Å². The summed E-state index contributed by atoms with van der Waals surface area (Å²) in [5, 5.41) is 3.38. The summed E-state index contributed by atoms with van der Waals surface area (Å²) in [5.41, 5.74) is 2.07. The lowest BCUT2D eigenvalue weighted by Crippen LogP contribution is -1.94. The Morgan fingerprint density at radius 1 is 0.833 bits per heavy atom. The van der Waals surface area contributed by atoms with Crippen molar-refractivity contribution in [3.63, 3.8) is 0 Å². The standard InChI is InChI=1S/C14H18O2S2/c1-3-9-17(15)11-13-5-7-14(8-6-13)12-18(16)10-4-2/h3-10H,11-12H2,1-2H3.